The van der Waals surface area contributed by atoms with Crippen LogP contribution in [0.25, 0.3) is 0 Å². The molecular weight excluding hydrogens is 431 g/mol. The van der Waals surface area contributed by atoms with E-state index in [2.05, 4.69) is 49.2 Å². The molecule has 0 bridgehead atoms. The molecule has 1 aliphatic rings. The van der Waals surface area contributed by atoms with Crippen LogP contribution in [0.15, 0.2) is 40.9 Å². The minimum Gasteiger partial charge on any atom is -0.384 e. The lowest BCUT2D eigenvalue weighted by atomic mass is 10.1. The molecule has 20 heavy (non-hydrogen) atoms. The second-order valence-corrected chi connectivity index (χ2v) is 6.70. The van der Waals surface area contributed by atoms with Gasteiger partial charge in [0.1, 0.15) is 0 Å². The number of anilines is 2. The minimum atomic E-state index is -0.0818. The van der Waals surface area contributed by atoms with Crippen LogP contribution in [-0.4, -0.2) is 12.5 Å². The second kappa shape index (κ2) is 5.73. The molecule has 1 heterocycles. The van der Waals surface area contributed by atoms with Gasteiger partial charge in [0, 0.05) is 26.0 Å². The van der Waals surface area contributed by atoms with E-state index >= 15 is 0 Å². The van der Waals surface area contributed by atoms with Crippen molar-refractivity contribution < 1.29 is 4.79 Å². The lowest BCUT2D eigenvalue weighted by molar-refractivity contribution is 0.102. The molecule has 1 aliphatic heterocycles. The third kappa shape index (κ3) is 2.83. The first-order valence-corrected chi connectivity index (χ1v) is 8.14. The van der Waals surface area contributed by atoms with E-state index in [4.69, 9.17) is 0 Å². The molecule has 2 aromatic rings. The van der Waals surface area contributed by atoms with Crippen LogP contribution in [0.4, 0.5) is 11.4 Å². The van der Waals surface area contributed by atoms with Crippen molar-refractivity contribution in [3.05, 3.63) is 55.6 Å². The molecule has 0 radical (unpaired) electrons. The van der Waals surface area contributed by atoms with E-state index in [9.17, 15) is 4.79 Å². The highest BCUT2D eigenvalue weighted by molar-refractivity contribution is 14.1. The Hall–Kier alpha value is -1.08. The van der Waals surface area contributed by atoms with E-state index in [1.165, 1.54) is 11.3 Å². The van der Waals surface area contributed by atoms with Crippen LogP contribution in [0.3, 0.4) is 0 Å². The summed E-state index contributed by atoms with van der Waals surface area (Å²) in [6.45, 7) is 0.969. The number of amides is 1. The standard InChI is InChI=1S/C15H12BrIN2O/c16-10-1-3-13(17)12(8-10)15(20)19-11-2-4-14-9(7-11)5-6-18-14/h1-4,7-8,18H,5-6H2,(H,19,20). The van der Waals surface area contributed by atoms with E-state index in [1.807, 2.05) is 36.4 Å². The normalized spacial score (nSPS) is 12.7. The van der Waals surface area contributed by atoms with Crippen molar-refractivity contribution in [1.29, 1.82) is 0 Å². The Morgan fingerprint density at radius 3 is 2.95 bits per heavy atom. The van der Waals surface area contributed by atoms with Gasteiger partial charge < -0.3 is 10.6 Å². The summed E-state index contributed by atoms with van der Waals surface area (Å²) in [5.41, 5.74) is 3.94. The zero-order valence-corrected chi connectivity index (χ0v) is 14.3. The summed E-state index contributed by atoms with van der Waals surface area (Å²) >= 11 is 5.57. The first kappa shape index (κ1) is 13.9. The summed E-state index contributed by atoms with van der Waals surface area (Å²) in [6, 6.07) is 11.7. The zero-order chi connectivity index (χ0) is 14.1. The predicted octanol–water partition coefficient (Wildman–Crippen LogP) is 4.27. The van der Waals surface area contributed by atoms with Gasteiger partial charge in [-0.15, -0.1) is 0 Å². The van der Waals surface area contributed by atoms with Crippen LogP contribution in [-0.2, 0) is 6.42 Å². The van der Waals surface area contributed by atoms with Crippen LogP contribution < -0.4 is 10.6 Å². The van der Waals surface area contributed by atoms with Gasteiger partial charge in [-0.25, -0.2) is 0 Å². The highest BCUT2D eigenvalue weighted by Gasteiger charge is 2.13. The summed E-state index contributed by atoms with van der Waals surface area (Å²) in [7, 11) is 0. The maximum absolute atomic E-state index is 12.3. The van der Waals surface area contributed by atoms with E-state index in [-0.39, 0.29) is 5.91 Å². The quantitative estimate of drug-likeness (QED) is 0.681. The van der Waals surface area contributed by atoms with Gasteiger partial charge in [-0.1, -0.05) is 15.9 Å². The van der Waals surface area contributed by atoms with Crippen molar-refractivity contribution in [2.45, 2.75) is 6.42 Å². The first-order chi connectivity index (χ1) is 9.63. The largest absolute Gasteiger partial charge is 0.384 e. The number of rotatable bonds is 2. The van der Waals surface area contributed by atoms with Crippen LogP contribution in [0.5, 0.6) is 0 Å². The van der Waals surface area contributed by atoms with Crippen molar-refractivity contribution in [3.63, 3.8) is 0 Å². The number of hydrogen-bond donors (Lipinski definition) is 2. The van der Waals surface area contributed by atoms with E-state index in [0.29, 0.717) is 5.56 Å². The van der Waals surface area contributed by atoms with Gasteiger partial charge in [-0.2, -0.15) is 0 Å². The van der Waals surface area contributed by atoms with E-state index in [1.54, 1.807) is 0 Å². The van der Waals surface area contributed by atoms with Crippen LogP contribution >= 0.6 is 38.5 Å². The molecule has 0 unspecified atom stereocenters. The average molecular weight is 443 g/mol. The Bertz CT molecular complexity index is 688. The Morgan fingerprint density at radius 2 is 2.10 bits per heavy atom. The predicted molar refractivity (Wildman–Crippen MR) is 93.4 cm³/mol. The number of hydrogen-bond acceptors (Lipinski definition) is 2. The molecule has 0 saturated carbocycles. The SMILES string of the molecule is O=C(Nc1ccc2c(c1)CCN2)c1cc(Br)ccc1I. The lowest BCUT2D eigenvalue weighted by Gasteiger charge is -2.09. The summed E-state index contributed by atoms with van der Waals surface area (Å²) in [4.78, 5) is 12.3. The molecule has 2 aromatic carbocycles. The zero-order valence-electron chi connectivity index (χ0n) is 10.5. The fraction of sp³-hybridized carbons (Fsp3) is 0.133. The maximum Gasteiger partial charge on any atom is 0.256 e. The molecule has 5 heteroatoms. The van der Waals surface area contributed by atoms with Crippen molar-refractivity contribution in [2.24, 2.45) is 0 Å². The van der Waals surface area contributed by atoms with Gasteiger partial charge in [0.15, 0.2) is 0 Å². The van der Waals surface area contributed by atoms with Crippen LogP contribution in [0.1, 0.15) is 15.9 Å². The number of halogens is 2. The summed E-state index contributed by atoms with van der Waals surface area (Å²) in [5.74, 6) is -0.0818. The molecule has 0 aromatic heterocycles. The molecule has 102 valence electrons. The highest BCUT2D eigenvalue weighted by atomic mass is 127. The first-order valence-electron chi connectivity index (χ1n) is 6.27. The van der Waals surface area contributed by atoms with Crippen molar-refractivity contribution in [3.8, 4) is 0 Å². The monoisotopic (exact) mass is 442 g/mol. The number of benzene rings is 2. The average Bonchev–Trinajstić information content (AvgIpc) is 2.89. The van der Waals surface area contributed by atoms with E-state index in [0.717, 1.165) is 26.7 Å². The lowest BCUT2D eigenvalue weighted by Crippen LogP contribution is -2.13. The van der Waals surface area contributed by atoms with Gasteiger partial charge in [0.25, 0.3) is 5.91 Å². The van der Waals surface area contributed by atoms with E-state index < -0.39 is 0 Å². The highest BCUT2D eigenvalue weighted by Crippen LogP contribution is 2.26. The van der Waals surface area contributed by atoms with Gasteiger partial charge >= 0.3 is 0 Å². The van der Waals surface area contributed by atoms with Crippen molar-refractivity contribution in [2.75, 3.05) is 17.2 Å². The molecular formula is C15H12BrIN2O. The molecule has 0 saturated heterocycles. The minimum absolute atomic E-state index is 0.0818. The third-order valence-corrected chi connectivity index (χ3v) is 4.68. The second-order valence-electron chi connectivity index (χ2n) is 4.63. The van der Waals surface area contributed by atoms with Crippen LogP contribution in [0.2, 0.25) is 0 Å². The number of fused-ring (bicyclic) bond motifs is 1. The van der Waals surface area contributed by atoms with Crippen molar-refractivity contribution >= 4 is 55.8 Å². The fourth-order valence-corrected chi connectivity index (χ4v) is 3.19. The van der Waals surface area contributed by atoms with Gasteiger partial charge in [0.2, 0.25) is 0 Å². The van der Waals surface area contributed by atoms with Gasteiger partial charge in [-0.3, -0.25) is 4.79 Å². The Kier molecular flexibility index (Phi) is 3.98. The molecule has 3 nitrogen and oxygen atoms in total. The molecule has 3 rings (SSSR count). The fourth-order valence-electron chi connectivity index (χ4n) is 2.25. The molecule has 0 aliphatic carbocycles. The topological polar surface area (TPSA) is 41.1 Å². The number of nitrogens with one attached hydrogen (secondary N) is 2. The van der Waals surface area contributed by atoms with Crippen molar-refractivity contribution in [1.82, 2.24) is 0 Å². The van der Waals surface area contributed by atoms with Gasteiger partial charge in [0.05, 0.1) is 5.56 Å². The summed E-state index contributed by atoms with van der Waals surface area (Å²) < 4.78 is 1.84. The molecule has 0 fully saturated rings. The number of carbonyl (C=O) groups is 1. The number of carbonyl (C=O) groups excluding carboxylic acids is 1. The summed E-state index contributed by atoms with van der Waals surface area (Å²) in [6.07, 6.45) is 1.01. The molecule has 2 N–H and O–H groups in total. The molecule has 1 amide bonds. The Balaban J connectivity index is 1.84. The molecule has 0 atom stereocenters. The Morgan fingerprint density at radius 1 is 1.25 bits per heavy atom. The maximum atomic E-state index is 12.3. The smallest absolute Gasteiger partial charge is 0.256 e. The Labute approximate surface area is 139 Å². The molecule has 0 spiro atoms. The van der Waals surface area contributed by atoms with Gasteiger partial charge in [-0.05, 0) is 71.0 Å². The van der Waals surface area contributed by atoms with Crippen LogP contribution in [0, 0.1) is 3.57 Å². The summed E-state index contributed by atoms with van der Waals surface area (Å²) in [5, 5.41) is 6.27. The third-order valence-electron chi connectivity index (χ3n) is 3.25.